The predicted octanol–water partition coefficient (Wildman–Crippen LogP) is 13.5. The zero-order chi connectivity index (χ0) is 42.7. The van der Waals surface area contributed by atoms with Crippen molar-refractivity contribution in [3.63, 3.8) is 0 Å². The first-order valence-corrected chi connectivity index (χ1v) is 24.4. The van der Waals surface area contributed by atoms with E-state index in [2.05, 4.69) is 128 Å². The fraction of sp³-hybridized carbons (Fsp3) is 1.00. The van der Waals surface area contributed by atoms with Crippen LogP contribution in [0.15, 0.2) is 0 Å². The van der Waals surface area contributed by atoms with Gasteiger partial charge < -0.3 is 9.80 Å². The minimum atomic E-state index is 0.389. The maximum absolute atomic E-state index is 2.59. The van der Waals surface area contributed by atoms with Crippen molar-refractivity contribution < 1.29 is 0 Å². The molecule has 0 bridgehead atoms. The Morgan fingerprint density at radius 3 is 0.836 bits per heavy atom. The number of nitrogens with zero attached hydrogens (tertiary/aromatic N) is 5. The largest absolute Gasteiger partial charge is 0.301 e. The smallest absolute Gasteiger partial charge is 0.0125 e. The minimum absolute atomic E-state index is 0.389. The molecule has 5 saturated heterocycles. The van der Waals surface area contributed by atoms with Gasteiger partial charge >= 0.3 is 0 Å². The van der Waals surface area contributed by atoms with Gasteiger partial charge in [-0.2, -0.15) is 0 Å². The van der Waals surface area contributed by atoms with Crippen LogP contribution in [0.1, 0.15) is 221 Å². The second kappa shape index (κ2) is 31.7. The molecule has 5 aliphatic heterocycles. The molecule has 5 rings (SSSR count). The summed E-state index contributed by atoms with van der Waals surface area (Å²) in [5, 5.41) is 0. The summed E-state index contributed by atoms with van der Waals surface area (Å²) < 4.78 is 0. The van der Waals surface area contributed by atoms with E-state index in [0.29, 0.717) is 16.6 Å². The van der Waals surface area contributed by atoms with Crippen LogP contribution in [0, 0.1) is 11.8 Å². The first-order chi connectivity index (χ1) is 25.7. The van der Waals surface area contributed by atoms with Crippen molar-refractivity contribution >= 4 is 0 Å². The Labute approximate surface area is 350 Å². The summed E-state index contributed by atoms with van der Waals surface area (Å²) in [6.45, 7) is 55.7. The highest BCUT2D eigenvalue weighted by molar-refractivity contribution is 4.83. The lowest BCUT2D eigenvalue weighted by molar-refractivity contribution is 0.0916. The lowest BCUT2D eigenvalue weighted by atomic mass is 9.95. The molecular formula is C50H109N5. The average Bonchev–Trinajstić information content (AvgIpc) is 3.31. The molecule has 0 radical (unpaired) electrons. The van der Waals surface area contributed by atoms with Gasteiger partial charge in [-0.1, -0.05) is 73.6 Å². The zero-order valence-electron chi connectivity index (χ0n) is 42.0. The quantitative estimate of drug-likeness (QED) is 0.277. The second-order valence-electron chi connectivity index (χ2n) is 20.7. The minimum Gasteiger partial charge on any atom is -0.301 e. The van der Waals surface area contributed by atoms with Crippen molar-refractivity contribution in [2.24, 2.45) is 11.8 Å². The third-order valence-corrected chi connectivity index (χ3v) is 12.2. The van der Waals surface area contributed by atoms with Crippen LogP contribution in [-0.2, 0) is 0 Å². The van der Waals surface area contributed by atoms with Gasteiger partial charge in [-0.15, -0.1) is 0 Å². The molecule has 5 heteroatoms. The van der Waals surface area contributed by atoms with Gasteiger partial charge in [0.2, 0.25) is 0 Å². The van der Waals surface area contributed by atoms with Crippen LogP contribution in [0.5, 0.6) is 0 Å². The van der Waals surface area contributed by atoms with Gasteiger partial charge in [-0.25, -0.2) is 0 Å². The Bertz CT molecular complexity index is 766. The summed E-state index contributed by atoms with van der Waals surface area (Å²) >= 11 is 0. The molecule has 0 aliphatic carbocycles. The zero-order valence-corrected chi connectivity index (χ0v) is 42.0. The summed E-state index contributed by atoms with van der Waals surface area (Å²) in [6.07, 6.45) is 19.8. The molecular weight excluding hydrogens is 671 g/mol. The third-order valence-electron chi connectivity index (χ3n) is 12.2. The topological polar surface area (TPSA) is 16.2 Å². The van der Waals surface area contributed by atoms with Crippen LogP contribution in [0.2, 0.25) is 0 Å². The fourth-order valence-corrected chi connectivity index (χ4v) is 8.01. The van der Waals surface area contributed by atoms with E-state index >= 15 is 0 Å². The van der Waals surface area contributed by atoms with Crippen molar-refractivity contribution in [1.29, 1.82) is 0 Å². The van der Waals surface area contributed by atoms with Gasteiger partial charge in [0.15, 0.2) is 0 Å². The maximum atomic E-state index is 2.59. The van der Waals surface area contributed by atoms with Crippen LogP contribution < -0.4 is 0 Å². The third kappa shape index (κ3) is 28.8. The lowest BCUT2D eigenvalue weighted by Crippen LogP contribution is -2.45. The molecule has 0 saturated carbocycles. The monoisotopic (exact) mass is 780 g/mol. The molecule has 5 nitrogen and oxygen atoms in total. The summed E-state index contributed by atoms with van der Waals surface area (Å²) in [4.78, 5) is 12.9. The maximum Gasteiger partial charge on any atom is 0.0125 e. The number of likely N-dealkylation sites (tertiary alicyclic amines) is 5. The Balaban J connectivity index is 0. The molecule has 55 heavy (non-hydrogen) atoms. The second-order valence-corrected chi connectivity index (χ2v) is 20.7. The number of hydrogen-bond acceptors (Lipinski definition) is 5. The highest BCUT2D eigenvalue weighted by Crippen LogP contribution is 2.24. The van der Waals surface area contributed by atoms with Gasteiger partial charge in [0.25, 0.3) is 0 Å². The van der Waals surface area contributed by atoms with E-state index in [-0.39, 0.29) is 0 Å². The van der Waals surface area contributed by atoms with Crippen molar-refractivity contribution in [1.82, 2.24) is 24.5 Å². The molecule has 0 N–H and O–H groups in total. The van der Waals surface area contributed by atoms with Gasteiger partial charge in [0.1, 0.15) is 0 Å². The van der Waals surface area contributed by atoms with Crippen LogP contribution >= 0.6 is 0 Å². The van der Waals surface area contributed by atoms with E-state index in [0.717, 1.165) is 23.9 Å². The summed E-state index contributed by atoms with van der Waals surface area (Å²) in [6, 6.07) is 1.52. The van der Waals surface area contributed by atoms with Crippen LogP contribution in [0.25, 0.3) is 0 Å². The molecule has 0 spiro atoms. The normalized spacial score (nSPS) is 23.0. The summed E-state index contributed by atoms with van der Waals surface area (Å²) in [5.74, 6) is 1.87. The molecule has 1 atom stereocenters. The van der Waals surface area contributed by atoms with Gasteiger partial charge in [-0.3, -0.25) is 14.7 Å². The van der Waals surface area contributed by atoms with Crippen LogP contribution in [-0.4, -0.2) is 119 Å². The molecule has 0 aromatic rings. The van der Waals surface area contributed by atoms with E-state index < -0.39 is 0 Å². The summed E-state index contributed by atoms with van der Waals surface area (Å²) in [5.41, 5.74) is 1.19. The Morgan fingerprint density at radius 2 is 0.600 bits per heavy atom. The van der Waals surface area contributed by atoms with E-state index in [1.165, 1.54) is 155 Å². The standard InChI is InChI=1S/C10H21N.4C9H19N.2C2H6/c1-9-5-7-11(8-6-9)10(2,3)4;1-8-5-6-10(7-8)9(2,3)4;1-9(2,3)10-7-5-4-6-8-10;2*1-9(2)10-7-5-3-4-6-8-10;2*1-2/h9H,5-8H2,1-4H3;8H,5-7H2,1-4H3;4-8H2,1-3H3;2*9H,3-8H2,1-2H3;2*1-2H3. The van der Waals surface area contributed by atoms with Crippen molar-refractivity contribution in [2.75, 3.05) is 65.4 Å². The SMILES string of the molecule is CC.CC.CC(C)(C)N1CCCCC1.CC(C)N1CCCCCC1.CC(C)N1CCCCCC1.CC1CCN(C(C)(C)C)C1.CC1CCN(C(C)(C)C)CC1. The van der Waals surface area contributed by atoms with E-state index in [9.17, 15) is 0 Å². The molecule has 334 valence electrons. The Hall–Kier alpha value is -0.200. The van der Waals surface area contributed by atoms with Crippen molar-refractivity contribution in [3.05, 3.63) is 0 Å². The molecule has 0 aromatic carbocycles. The van der Waals surface area contributed by atoms with Gasteiger partial charge in [0.05, 0.1) is 0 Å². The molecule has 1 unspecified atom stereocenters. The Morgan fingerprint density at radius 1 is 0.345 bits per heavy atom. The van der Waals surface area contributed by atoms with E-state index in [1.807, 2.05) is 27.7 Å². The highest BCUT2D eigenvalue weighted by atomic mass is 15.2. The first-order valence-electron chi connectivity index (χ1n) is 24.4. The molecule has 0 aromatic heterocycles. The van der Waals surface area contributed by atoms with Crippen molar-refractivity contribution in [3.8, 4) is 0 Å². The van der Waals surface area contributed by atoms with Crippen molar-refractivity contribution in [2.45, 2.75) is 250 Å². The first kappa shape index (κ1) is 56.9. The fourth-order valence-electron chi connectivity index (χ4n) is 8.01. The molecule has 5 aliphatic rings. The van der Waals surface area contributed by atoms with E-state index in [4.69, 9.17) is 0 Å². The average molecular weight is 780 g/mol. The predicted molar refractivity (Wildman–Crippen MR) is 253 cm³/mol. The molecule has 0 amide bonds. The highest BCUT2D eigenvalue weighted by Gasteiger charge is 2.28. The van der Waals surface area contributed by atoms with Gasteiger partial charge in [0, 0.05) is 35.2 Å². The van der Waals surface area contributed by atoms with Gasteiger partial charge in [-0.05, 0) is 219 Å². The number of rotatable bonds is 2. The number of hydrogen-bond donors (Lipinski definition) is 0. The number of piperidine rings is 2. The molecule has 5 fully saturated rings. The molecule has 5 heterocycles. The van der Waals surface area contributed by atoms with Crippen LogP contribution in [0.3, 0.4) is 0 Å². The summed E-state index contributed by atoms with van der Waals surface area (Å²) in [7, 11) is 0. The van der Waals surface area contributed by atoms with E-state index in [1.54, 1.807) is 0 Å². The Kier molecular flexibility index (Phi) is 32.8. The van der Waals surface area contributed by atoms with Crippen LogP contribution in [0.4, 0.5) is 0 Å². The lowest BCUT2D eigenvalue weighted by Gasteiger charge is -2.40.